The fourth-order valence-corrected chi connectivity index (χ4v) is 2.36. The van der Waals surface area contributed by atoms with Gasteiger partial charge in [-0.1, -0.05) is 37.3 Å². The molecule has 0 bridgehead atoms. The molecule has 0 spiro atoms. The van der Waals surface area contributed by atoms with Crippen LogP contribution < -0.4 is 0 Å². The van der Waals surface area contributed by atoms with Gasteiger partial charge in [0, 0.05) is 6.42 Å². The molecule has 1 nitrogen and oxygen atoms in total. The predicted octanol–water partition coefficient (Wildman–Crippen LogP) is 3.43. The second-order valence-corrected chi connectivity index (χ2v) is 5.22. The second kappa shape index (κ2) is 3.69. The molecule has 2 heteroatoms. The van der Waals surface area contributed by atoms with E-state index in [9.17, 15) is 9.18 Å². The lowest BCUT2D eigenvalue weighted by Gasteiger charge is -2.38. The van der Waals surface area contributed by atoms with Crippen LogP contribution in [-0.4, -0.2) is 11.5 Å². The molecule has 0 aliphatic heterocycles. The van der Waals surface area contributed by atoms with E-state index < -0.39 is 5.67 Å². The van der Waals surface area contributed by atoms with E-state index in [1.807, 2.05) is 30.3 Å². The van der Waals surface area contributed by atoms with Crippen molar-refractivity contribution in [3.63, 3.8) is 0 Å². The molecule has 0 unspecified atom stereocenters. The van der Waals surface area contributed by atoms with Crippen LogP contribution in [0.4, 0.5) is 4.39 Å². The quantitative estimate of drug-likeness (QED) is 0.708. The minimum atomic E-state index is -1.62. The normalized spacial score (nSPS) is 35.1. The third kappa shape index (κ3) is 1.89. The van der Waals surface area contributed by atoms with Gasteiger partial charge < -0.3 is 0 Å². The Bertz CT molecular complexity index is 396. The van der Waals surface area contributed by atoms with Crippen molar-refractivity contribution in [1.29, 1.82) is 0 Å². The van der Waals surface area contributed by atoms with Gasteiger partial charge in [-0.2, -0.15) is 0 Å². The van der Waals surface area contributed by atoms with Gasteiger partial charge >= 0.3 is 0 Å². The van der Waals surface area contributed by atoms with Crippen molar-refractivity contribution in [3.8, 4) is 0 Å². The highest BCUT2D eigenvalue weighted by Crippen LogP contribution is 2.42. The van der Waals surface area contributed by atoms with Gasteiger partial charge in [0.2, 0.25) is 0 Å². The molecule has 0 radical (unpaired) electrons. The van der Waals surface area contributed by atoms with Crippen LogP contribution in [0.1, 0.15) is 38.7 Å². The maximum absolute atomic E-state index is 13.8. The van der Waals surface area contributed by atoms with E-state index in [2.05, 4.69) is 6.92 Å². The van der Waals surface area contributed by atoms with Crippen molar-refractivity contribution < 1.29 is 9.18 Å². The molecule has 86 valence electrons. The summed E-state index contributed by atoms with van der Waals surface area (Å²) < 4.78 is 13.8. The van der Waals surface area contributed by atoms with Gasteiger partial charge in [-0.3, -0.25) is 4.79 Å². The summed E-state index contributed by atoms with van der Waals surface area (Å²) in [4.78, 5) is 11.7. The van der Waals surface area contributed by atoms with E-state index >= 15 is 0 Å². The number of ketones is 1. The molecule has 0 aromatic heterocycles. The zero-order valence-electron chi connectivity index (χ0n) is 9.79. The fraction of sp³-hybridized carbons (Fsp3) is 0.500. The average molecular weight is 220 g/mol. The molecule has 1 aliphatic carbocycles. The predicted molar refractivity (Wildman–Crippen MR) is 62.2 cm³/mol. The van der Waals surface area contributed by atoms with E-state index in [1.165, 1.54) is 6.92 Å². The Hall–Kier alpha value is -1.18. The monoisotopic (exact) mass is 220 g/mol. The largest absolute Gasteiger partial charge is 0.296 e. The number of halogens is 1. The molecule has 1 aromatic carbocycles. The number of rotatable bonds is 1. The number of hydrogen-bond acceptors (Lipinski definition) is 1. The third-order valence-corrected chi connectivity index (χ3v) is 3.75. The summed E-state index contributed by atoms with van der Waals surface area (Å²) in [7, 11) is 0. The van der Waals surface area contributed by atoms with Crippen LogP contribution in [-0.2, 0) is 10.2 Å². The Morgan fingerprint density at radius 3 is 2.31 bits per heavy atom. The summed E-state index contributed by atoms with van der Waals surface area (Å²) in [6.45, 7) is 3.45. The third-order valence-electron chi connectivity index (χ3n) is 3.75. The number of carbonyl (C=O) groups excluding carboxylic acids is 1. The van der Waals surface area contributed by atoms with Crippen LogP contribution in [0.2, 0.25) is 0 Å². The summed E-state index contributed by atoms with van der Waals surface area (Å²) in [6.07, 6.45) is 1.37. The number of Topliss-reactive ketones (excluding diaryl/α,β-unsaturated/α-hetero) is 1. The molecule has 2 rings (SSSR count). The van der Waals surface area contributed by atoms with Crippen LogP contribution >= 0.6 is 0 Å². The minimum absolute atomic E-state index is 0.191. The van der Waals surface area contributed by atoms with Gasteiger partial charge in [0.05, 0.1) is 0 Å². The van der Waals surface area contributed by atoms with Crippen molar-refractivity contribution in [1.82, 2.24) is 0 Å². The van der Waals surface area contributed by atoms with Gasteiger partial charge in [0.25, 0.3) is 0 Å². The van der Waals surface area contributed by atoms with Gasteiger partial charge in [0.15, 0.2) is 11.5 Å². The number of hydrogen-bond donors (Lipinski definition) is 0. The highest BCUT2D eigenvalue weighted by atomic mass is 19.1. The maximum Gasteiger partial charge on any atom is 0.170 e. The zero-order valence-corrected chi connectivity index (χ0v) is 9.79. The molecular weight excluding hydrogens is 203 g/mol. The van der Waals surface area contributed by atoms with Crippen LogP contribution in [0, 0.1) is 0 Å². The standard InChI is InChI=1S/C14H17FO/c1-13(11-6-4-3-5-7-11)8-9-14(2,15)12(16)10-13/h3-7H,8-10H2,1-2H3/t13-,14+/m1/s1. The Labute approximate surface area is 95.7 Å². The first kappa shape index (κ1) is 11.3. The van der Waals surface area contributed by atoms with Crippen molar-refractivity contribution in [2.45, 2.75) is 44.2 Å². The molecule has 1 fully saturated rings. The minimum Gasteiger partial charge on any atom is -0.296 e. The Morgan fingerprint density at radius 1 is 1.12 bits per heavy atom. The van der Waals surface area contributed by atoms with Crippen LogP contribution in [0.25, 0.3) is 0 Å². The second-order valence-electron chi connectivity index (χ2n) is 5.22. The van der Waals surface area contributed by atoms with Crippen molar-refractivity contribution >= 4 is 5.78 Å². The SMILES string of the molecule is C[C@@]1(c2ccccc2)CC[C@](C)(F)C(=O)C1. The van der Waals surface area contributed by atoms with Gasteiger partial charge in [-0.05, 0) is 30.7 Å². The van der Waals surface area contributed by atoms with E-state index in [4.69, 9.17) is 0 Å². The average Bonchev–Trinajstić information content (AvgIpc) is 2.26. The Balaban J connectivity index is 2.27. The van der Waals surface area contributed by atoms with Crippen molar-refractivity contribution in [2.75, 3.05) is 0 Å². The molecule has 1 aliphatic rings. The summed E-state index contributed by atoms with van der Waals surface area (Å²) in [5.41, 5.74) is -0.669. The summed E-state index contributed by atoms with van der Waals surface area (Å²) >= 11 is 0. The smallest absolute Gasteiger partial charge is 0.170 e. The molecule has 1 saturated carbocycles. The molecule has 16 heavy (non-hydrogen) atoms. The van der Waals surface area contributed by atoms with Crippen LogP contribution in [0.5, 0.6) is 0 Å². The Morgan fingerprint density at radius 2 is 1.75 bits per heavy atom. The van der Waals surface area contributed by atoms with Crippen LogP contribution in [0.3, 0.4) is 0 Å². The van der Waals surface area contributed by atoms with Gasteiger partial charge in [-0.25, -0.2) is 4.39 Å². The zero-order chi connectivity index (χ0) is 11.8. The summed E-state index contributed by atoms with van der Waals surface area (Å²) in [5, 5.41) is 0. The summed E-state index contributed by atoms with van der Waals surface area (Å²) in [6, 6.07) is 9.93. The van der Waals surface area contributed by atoms with E-state index in [-0.39, 0.29) is 11.2 Å². The van der Waals surface area contributed by atoms with E-state index in [0.29, 0.717) is 12.8 Å². The Kier molecular flexibility index (Phi) is 2.61. The fourth-order valence-electron chi connectivity index (χ4n) is 2.36. The van der Waals surface area contributed by atoms with E-state index in [0.717, 1.165) is 12.0 Å². The van der Waals surface area contributed by atoms with Gasteiger partial charge in [0.1, 0.15) is 0 Å². The van der Waals surface area contributed by atoms with Gasteiger partial charge in [-0.15, -0.1) is 0 Å². The topological polar surface area (TPSA) is 17.1 Å². The molecule has 0 amide bonds. The highest BCUT2D eigenvalue weighted by molar-refractivity contribution is 5.88. The first-order valence-corrected chi connectivity index (χ1v) is 5.72. The van der Waals surface area contributed by atoms with E-state index in [1.54, 1.807) is 0 Å². The molecule has 1 aromatic rings. The first-order valence-electron chi connectivity index (χ1n) is 5.72. The highest BCUT2D eigenvalue weighted by Gasteiger charge is 2.44. The maximum atomic E-state index is 13.8. The van der Waals surface area contributed by atoms with Crippen molar-refractivity contribution in [2.24, 2.45) is 0 Å². The lowest BCUT2D eigenvalue weighted by Crippen LogP contribution is -2.43. The number of alkyl halides is 1. The number of carbonyl (C=O) groups is 1. The van der Waals surface area contributed by atoms with Crippen molar-refractivity contribution in [3.05, 3.63) is 35.9 Å². The molecule has 0 heterocycles. The lowest BCUT2D eigenvalue weighted by molar-refractivity contribution is -0.134. The first-order chi connectivity index (χ1) is 7.44. The number of benzene rings is 1. The summed E-state index contributed by atoms with van der Waals surface area (Å²) in [5.74, 6) is -0.259. The molecule has 0 N–H and O–H groups in total. The molecular formula is C14H17FO. The van der Waals surface area contributed by atoms with Crippen LogP contribution in [0.15, 0.2) is 30.3 Å². The molecule has 0 saturated heterocycles. The lowest BCUT2D eigenvalue weighted by atomic mass is 9.67. The molecule has 2 atom stereocenters.